The van der Waals surface area contributed by atoms with Crippen molar-refractivity contribution >= 4 is 22.1 Å². The predicted octanol–water partition coefficient (Wildman–Crippen LogP) is 8.19. The average molecular weight is 448 g/mol. The maximum Gasteiger partial charge on any atom is 0.155 e. The van der Waals surface area contributed by atoms with E-state index in [0.29, 0.717) is 17.6 Å². The number of nitrogens with zero attached hydrogens (tertiary/aromatic N) is 1. The second-order valence-electron chi connectivity index (χ2n) is 8.79. The fraction of sp³-hybridized carbons (Fsp3) is 0.400. The first-order valence-electron chi connectivity index (χ1n) is 11.6. The third-order valence-corrected chi connectivity index (χ3v) is 6.28. The summed E-state index contributed by atoms with van der Waals surface area (Å²) < 4.78 is 4.70. The molecule has 2 unspecified atom stereocenters. The second kappa shape index (κ2) is 13.6. The Balaban J connectivity index is 0.000000582. The standard InChI is InChI=1S/C24H31N.C6H10O2/c1-7-12-22(24(6,16-8-2)18(4)5)20(9-3)23-21-14-11-10-13-19(21)15-17-25-23;1-5(7)4-6(2)8-3/h7-11,13-18,22H,1,12H2,2-6H3;4H,1-3H3/b16-8?,20-9+;6-4-. The topological polar surface area (TPSA) is 39.2 Å². The Morgan fingerprint density at radius 2 is 1.85 bits per heavy atom. The van der Waals surface area contributed by atoms with Crippen LogP contribution in [0.2, 0.25) is 0 Å². The Morgan fingerprint density at radius 1 is 1.18 bits per heavy atom. The van der Waals surface area contributed by atoms with Crippen molar-refractivity contribution in [2.75, 3.05) is 7.11 Å². The van der Waals surface area contributed by atoms with Gasteiger partial charge in [0.15, 0.2) is 5.78 Å². The minimum atomic E-state index is 0.0179. The molecule has 2 rings (SSSR count). The van der Waals surface area contributed by atoms with Crippen LogP contribution < -0.4 is 0 Å². The van der Waals surface area contributed by atoms with E-state index in [1.807, 2.05) is 12.3 Å². The van der Waals surface area contributed by atoms with Crippen LogP contribution in [-0.4, -0.2) is 17.9 Å². The van der Waals surface area contributed by atoms with E-state index in [1.54, 1.807) is 6.92 Å². The fourth-order valence-corrected chi connectivity index (χ4v) is 4.15. The van der Waals surface area contributed by atoms with E-state index in [4.69, 9.17) is 9.72 Å². The van der Waals surface area contributed by atoms with Crippen LogP contribution in [0.3, 0.4) is 0 Å². The summed E-state index contributed by atoms with van der Waals surface area (Å²) in [5.41, 5.74) is 2.46. The first kappa shape index (κ1) is 28.1. The summed E-state index contributed by atoms with van der Waals surface area (Å²) in [5.74, 6) is 1.52. The maximum absolute atomic E-state index is 10.3. The zero-order chi connectivity index (χ0) is 25.0. The van der Waals surface area contributed by atoms with Crippen LogP contribution in [0.4, 0.5) is 0 Å². The molecule has 0 N–H and O–H groups in total. The van der Waals surface area contributed by atoms with Gasteiger partial charge in [-0.25, -0.2) is 0 Å². The number of aromatic nitrogens is 1. The van der Waals surface area contributed by atoms with E-state index in [-0.39, 0.29) is 11.2 Å². The highest BCUT2D eigenvalue weighted by molar-refractivity contribution is 5.92. The zero-order valence-corrected chi connectivity index (χ0v) is 21.7. The Bertz CT molecular complexity index is 1010. The summed E-state index contributed by atoms with van der Waals surface area (Å²) in [4.78, 5) is 15.0. The molecule has 0 radical (unpaired) electrons. The number of benzene rings is 1. The highest BCUT2D eigenvalue weighted by atomic mass is 16.5. The molecule has 1 heterocycles. The minimum absolute atomic E-state index is 0.0179. The van der Waals surface area contributed by atoms with E-state index in [2.05, 4.69) is 89.8 Å². The molecular formula is C30H41NO2. The van der Waals surface area contributed by atoms with Gasteiger partial charge in [0.05, 0.1) is 18.6 Å². The number of ether oxygens (including phenoxy) is 1. The van der Waals surface area contributed by atoms with Crippen LogP contribution in [0.5, 0.6) is 0 Å². The largest absolute Gasteiger partial charge is 0.501 e. The first-order chi connectivity index (χ1) is 15.7. The van der Waals surface area contributed by atoms with E-state index in [1.165, 1.54) is 36.5 Å². The Hall–Kier alpha value is -2.94. The molecular weight excluding hydrogens is 406 g/mol. The number of methoxy groups -OCH3 is 1. The number of hydrogen-bond donors (Lipinski definition) is 0. The van der Waals surface area contributed by atoms with Crippen molar-refractivity contribution in [1.82, 2.24) is 4.98 Å². The van der Waals surface area contributed by atoms with Gasteiger partial charge in [0.25, 0.3) is 0 Å². The smallest absolute Gasteiger partial charge is 0.155 e. The van der Waals surface area contributed by atoms with Crippen molar-refractivity contribution < 1.29 is 9.53 Å². The van der Waals surface area contributed by atoms with Crippen molar-refractivity contribution in [2.45, 2.75) is 54.9 Å². The summed E-state index contributed by atoms with van der Waals surface area (Å²) in [7, 11) is 1.54. The molecule has 2 atom stereocenters. The molecule has 2 aromatic rings. The number of pyridine rings is 1. The lowest BCUT2D eigenvalue weighted by Crippen LogP contribution is -2.32. The summed E-state index contributed by atoms with van der Waals surface area (Å²) in [6, 6.07) is 10.6. The molecule has 0 aliphatic rings. The van der Waals surface area contributed by atoms with Gasteiger partial charge in [-0.3, -0.25) is 9.78 Å². The molecule has 0 spiro atoms. The lowest BCUT2D eigenvalue weighted by atomic mass is 9.64. The zero-order valence-electron chi connectivity index (χ0n) is 21.7. The quantitative estimate of drug-likeness (QED) is 0.221. The number of carbonyl (C=O) groups excluding carboxylic acids is 1. The lowest BCUT2D eigenvalue weighted by Gasteiger charge is -2.40. The molecule has 0 amide bonds. The highest BCUT2D eigenvalue weighted by Gasteiger charge is 2.37. The van der Waals surface area contributed by atoms with Gasteiger partial charge in [0.1, 0.15) is 0 Å². The second-order valence-corrected chi connectivity index (χ2v) is 8.79. The van der Waals surface area contributed by atoms with Crippen LogP contribution in [0.1, 0.15) is 60.6 Å². The van der Waals surface area contributed by atoms with Gasteiger partial charge in [-0.15, -0.1) is 6.58 Å². The number of carbonyl (C=O) groups is 1. The Labute approximate surface area is 201 Å². The molecule has 0 saturated heterocycles. The van der Waals surface area contributed by atoms with Gasteiger partial charge in [0, 0.05) is 17.7 Å². The van der Waals surface area contributed by atoms with Crippen molar-refractivity contribution in [1.29, 1.82) is 0 Å². The SMILES string of the molecule is C=CCC(/C(=C\C)c1nccc2ccccc12)C(C)(C=CC)C(C)C.CO/C(C)=C\C(C)=O. The van der Waals surface area contributed by atoms with Crippen molar-refractivity contribution in [2.24, 2.45) is 17.3 Å². The monoisotopic (exact) mass is 447 g/mol. The molecule has 0 saturated carbocycles. The van der Waals surface area contributed by atoms with Crippen LogP contribution in [0, 0.1) is 17.3 Å². The van der Waals surface area contributed by atoms with Crippen LogP contribution in [0.25, 0.3) is 16.3 Å². The van der Waals surface area contributed by atoms with E-state index in [9.17, 15) is 4.79 Å². The molecule has 3 nitrogen and oxygen atoms in total. The van der Waals surface area contributed by atoms with Gasteiger partial charge in [0.2, 0.25) is 0 Å². The van der Waals surface area contributed by atoms with E-state index in [0.717, 1.165) is 12.1 Å². The van der Waals surface area contributed by atoms with E-state index < -0.39 is 0 Å². The van der Waals surface area contributed by atoms with Gasteiger partial charge >= 0.3 is 0 Å². The number of fused-ring (bicyclic) bond motifs is 1. The Morgan fingerprint density at radius 3 is 2.33 bits per heavy atom. The number of rotatable bonds is 9. The molecule has 0 bridgehead atoms. The third-order valence-electron chi connectivity index (χ3n) is 6.28. The highest BCUT2D eigenvalue weighted by Crippen LogP contribution is 2.46. The fourth-order valence-electron chi connectivity index (χ4n) is 4.15. The van der Waals surface area contributed by atoms with Gasteiger partial charge < -0.3 is 4.74 Å². The minimum Gasteiger partial charge on any atom is -0.501 e. The first-order valence-corrected chi connectivity index (χ1v) is 11.6. The summed E-state index contributed by atoms with van der Waals surface area (Å²) in [5, 5.41) is 2.46. The number of hydrogen-bond acceptors (Lipinski definition) is 3. The van der Waals surface area contributed by atoms with Gasteiger partial charge in [-0.05, 0) is 68.4 Å². The van der Waals surface area contributed by atoms with Gasteiger partial charge in [-0.2, -0.15) is 0 Å². The summed E-state index contributed by atoms with van der Waals surface area (Å²) in [6.45, 7) is 18.5. The van der Waals surface area contributed by atoms with Crippen LogP contribution >= 0.6 is 0 Å². The van der Waals surface area contributed by atoms with Crippen molar-refractivity contribution in [3.05, 3.63) is 84.9 Å². The predicted molar refractivity (Wildman–Crippen MR) is 143 cm³/mol. The van der Waals surface area contributed by atoms with E-state index >= 15 is 0 Å². The molecule has 33 heavy (non-hydrogen) atoms. The van der Waals surface area contributed by atoms with Crippen LogP contribution in [-0.2, 0) is 9.53 Å². The lowest BCUT2D eigenvalue weighted by molar-refractivity contribution is -0.112. The van der Waals surface area contributed by atoms with Gasteiger partial charge in [-0.1, -0.05) is 69.3 Å². The molecule has 0 aliphatic heterocycles. The van der Waals surface area contributed by atoms with Crippen LogP contribution in [0.15, 0.2) is 79.2 Å². The average Bonchev–Trinajstić information content (AvgIpc) is 2.79. The number of allylic oxidation sites excluding steroid dienone is 7. The maximum atomic E-state index is 10.3. The summed E-state index contributed by atoms with van der Waals surface area (Å²) >= 11 is 0. The molecule has 1 aromatic carbocycles. The van der Waals surface area contributed by atoms with Crippen molar-refractivity contribution in [3.63, 3.8) is 0 Å². The molecule has 0 fully saturated rings. The Kier molecular flexibility index (Phi) is 11.6. The molecule has 0 aliphatic carbocycles. The third kappa shape index (κ3) is 7.56. The molecule has 1 aromatic heterocycles. The molecule has 178 valence electrons. The summed E-state index contributed by atoms with van der Waals surface area (Å²) in [6.07, 6.45) is 13.1. The molecule has 3 heteroatoms. The number of ketones is 1. The normalized spacial score (nSPS) is 15.1. The van der Waals surface area contributed by atoms with Crippen molar-refractivity contribution in [3.8, 4) is 0 Å².